The Labute approximate surface area is 141 Å². The maximum Gasteiger partial charge on any atom is 0.333 e. The van der Waals surface area contributed by atoms with E-state index in [-0.39, 0.29) is 12.1 Å². The minimum atomic E-state index is -0.262. The minimum Gasteiger partial charge on any atom is -0.459 e. The summed E-state index contributed by atoms with van der Waals surface area (Å²) in [6.07, 6.45) is 1.92. The topological polar surface area (TPSA) is 53.6 Å². The van der Waals surface area contributed by atoms with Crippen LogP contribution in [0, 0.1) is 0 Å². The van der Waals surface area contributed by atoms with Gasteiger partial charge in [-0.2, -0.15) is 0 Å². The standard InChI is InChI=1S/C9H20N2.C9H15NO2/c1-8(2)6-10-7-9(3,4)11(8)5;1-7(2)9(11)12-8-3-5-10-6-4-8/h10H,6-7H2,1-5H3;8,10H,1,3-6H2,2H3. The highest BCUT2D eigenvalue weighted by Crippen LogP contribution is 2.25. The Morgan fingerprint density at radius 3 is 1.96 bits per heavy atom. The number of nitrogens with zero attached hydrogens (tertiary/aromatic N) is 1. The zero-order chi connectivity index (χ0) is 17.7. The van der Waals surface area contributed by atoms with E-state index in [4.69, 9.17) is 4.74 Å². The predicted octanol–water partition coefficient (Wildman–Crippen LogP) is 1.94. The molecule has 2 aliphatic heterocycles. The molecular weight excluding hydrogens is 290 g/mol. The molecule has 5 nitrogen and oxygen atoms in total. The van der Waals surface area contributed by atoms with Gasteiger partial charge < -0.3 is 15.4 Å². The largest absolute Gasteiger partial charge is 0.459 e. The number of piperidine rings is 1. The normalized spacial score (nSPS) is 24.3. The fourth-order valence-electron chi connectivity index (χ4n) is 2.90. The second kappa shape index (κ2) is 8.27. The van der Waals surface area contributed by atoms with Gasteiger partial charge in [-0.05, 0) is 67.6 Å². The average Bonchev–Trinajstić information content (AvgIpc) is 2.46. The summed E-state index contributed by atoms with van der Waals surface area (Å²) in [6.45, 7) is 18.4. The quantitative estimate of drug-likeness (QED) is 0.600. The van der Waals surface area contributed by atoms with E-state index < -0.39 is 0 Å². The monoisotopic (exact) mass is 325 g/mol. The van der Waals surface area contributed by atoms with Gasteiger partial charge in [0.25, 0.3) is 0 Å². The summed E-state index contributed by atoms with van der Waals surface area (Å²) in [5, 5.41) is 6.66. The second-order valence-electron chi connectivity index (χ2n) is 7.92. The molecule has 0 atom stereocenters. The van der Waals surface area contributed by atoms with Gasteiger partial charge >= 0.3 is 5.97 Å². The van der Waals surface area contributed by atoms with Crippen molar-refractivity contribution in [3.8, 4) is 0 Å². The number of piperazine rings is 1. The molecule has 2 heterocycles. The molecule has 0 amide bonds. The van der Waals surface area contributed by atoms with Gasteiger partial charge in [0.1, 0.15) is 6.10 Å². The van der Waals surface area contributed by atoms with Crippen LogP contribution in [-0.2, 0) is 9.53 Å². The molecule has 0 aromatic heterocycles. The Balaban J connectivity index is 0.000000231. The third-order valence-electron chi connectivity index (χ3n) is 4.84. The van der Waals surface area contributed by atoms with Gasteiger partial charge in [0.05, 0.1) is 0 Å². The van der Waals surface area contributed by atoms with Crippen LogP contribution >= 0.6 is 0 Å². The van der Waals surface area contributed by atoms with Gasteiger partial charge in [-0.25, -0.2) is 4.79 Å². The lowest BCUT2D eigenvalue weighted by Crippen LogP contribution is -2.66. The first kappa shape index (κ1) is 20.1. The van der Waals surface area contributed by atoms with Crippen LogP contribution < -0.4 is 10.6 Å². The summed E-state index contributed by atoms with van der Waals surface area (Å²) in [6, 6.07) is 0. The summed E-state index contributed by atoms with van der Waals surface area (Å²) in [7, 11) is 2.21. The van der Waals surface area contributed by atoms with E-state index in [0.717, 1.165) is 39.0 Å². The van der Waals surface area contributed by atoms with Gasteiger partial charge in [-0.3, -0.25) is 4.90 Å². The van der Waals surface area contributed by atoms with Crippen LogP contribution in [0.3, 0.4) is 0 Å². The summed E-state index contributed by atoms with van der Waals surface area (Å²) in [5.74, 6) is -0.262. The van der Waals surface area contributed by atoms with Gasteiger partial charge in [0.2, 0.25) is 0 Å². The van der Waals surface area contributed by atoms with Gasteiger partial charge in [0.15, 0.2) is 0 Å². The molecule has 0 radical (unpaired) electrons. The van der Waals surface area contributed by atoms with Crippen molar-refractivity contribution in [3.05, 3.63) is 12.2 Å². The highest BCUT2D eigenvalue weighted by atomic mass is 16.5. The van der Waals surface area contributed by atoms with E-state index in [2.05, 4.69) is 56.9 Å². The molecule has 2 fully saturated rings. The summed E-state index contributed by atoms with van der Waals surface area (Å²) in [5.41, 5.74) is 1.07. The molecule has 0 aliphatic carbocycles. The number of hydrogen-bond acceptors (Lipinski definition) is 5. The van der Waals surface area contributed by atoms with Crippen molar-refractivity contribution < 1.29 is 9.53 Å². The number of nitrogens with one attached hydrogen (secondary N) is 2. The molecule has 2 aliphatic rings. The molecule has 0 aromatic carbocycles. The third kappa shape index (κ3) is 6.24. The van der Waals surface area contributed by atoms with E-state index in [1.807, 2.05) is 0 Å². The third-order valence-corrected chi connectivity index (χ3v) is 4.84. The van der Waals surface area contributed by atoms with Gasteiger partial charge in [0, 0.05) is 29.7 Å². The first-order valence-corrected chi connectivity index (χ1v) is 8.58. The van der Waals surface area contributed by atoms with Crippen LogP contribution in [0.15, 0.2) is 12.2 Å². The lowest BCUT2D eigenvalue weighted by atomic mass is 9.90. The molecule has 23 heavy (non-hydrogen) atoms. The van der Waals surface area contributed by atoms with E-state index in [9.17, 15) is 4.79 Å². The van der Waals surface area contributed by atoms with Crippen molar-refractivity contribution in [1.82, 2.24) is 15.5 Å². The molecule has 0 aromatic rings. The molecule has 2 rings (SSSR count). The van der Waals surface area contributed by atoms with E-state index in [0.29, 0.717) is 16.7 Å². The fourth-order valence-corrected chi connectivity index (χ4v) is 2.90. The minimum absolute atomic E-state index is 0.0930. The Kier molecular flexibility index (Phi) is 7.24. The second-order valence-corrected chi connectivity index (χ2v) is 7.92. The number of carbonyl (C=O) groups is 1. The number of esters is 1. The molecule has 134 valence electrons. The zero-order valence-corrected chi connectivity index (χ0v) is 15.8. The van der Waals surface area contributed by atoms with E-state index >= 15 is 0 Å². The van der Waals surface area contributed by atoms with Crippen molar-refractivity contribution in [2.24, 2.45) is 0 Å². The van der Waals surface area contributed by atoms with E-state index in [1.165, 1.54) is 0 Å². The Hall–Kier alpha value is -0.910. The van der Waals surface area contributed by atoms with Crippen molar-refractivity contribution in [2.75, 3.05) is 33.2 Å². The maximum atomic E-state index is 11.1. The molecule has 5 heteroatoms. The number of carbonyl (C=O) groups excluding carboxylic acids is 1. The zero-order valence-electron chi connectivity index (χ0n) is 15.8. The average molecular weight is 325 g/mol. The van der Waals surface area contributed by atoms with Crippen molar-refractivity contribution >= 4 is 5.97 Å². The summed E-state index contributed by atoms with van der Waals surface area (Å²) < 4.78 is 5.17. The summed E-state index contributed by atoms with van der Waals surface area (Å²) >= 11 is 0. The molecule has 0 spiro atoms. The fraction of sp³-hybridized carbons (Fsp3) is 0.833. The van der Waals surface area contributed by atoms with Crippen LogP contribution in [0.2, 0.25) is 0 Å². The van der Waals surface area contributed by atoms with Crippen LogP contribution in [0.4, 0.5) is 0 Å². The number of ether oxygens (including phenoxy) is 1. The lowest BCUT2D eigenvalue weighted by Gasteiger charge is -2.51. The molecule has 2 saturated heterocycles. The Morgan fingerprint density at radius 2 is 1.57 bits per heavy atom. The van der Waals surface area contributed by atoms with Crippen LogP contribution in [0.1, 0.15) is 47.5 Å². The number of rotatable bonds is 2. The molecule has 0 saturated carbocycles. The SMILES string of the molecule is C=C(C)C(=O)OC1CCNCC1.CN1C(C)(C)CNCC1(C)C. The predicted molar refractivity (Wildman–Crippen MR) is 95.6 cm³/mol. The first-order chi connectivity index (χ1) is 10.6. The highest BCUT2D eigenvalue weighted by Gasteiger charge is 2.38. The maximum absolute atomic E-state index is 11.1. The van der Waals surface area contributed by atoms with Crippen LogP contribution in [0.25, 0.3) is 0 Å². The van der Waals surface area contributed by atoms with Crippen LogP contribution in [0.5, 0.6) is 0 Å². The smallest absolute Gasteiger partial charge is 0.333 e. The van der Waals surface area contributed by atoms with Crippen molar-refractivity contribution in [1.29, 1.82) is 0 Å². The molecule has 2 N–H and O–H groups in total. The Morgan fingerprint density at radius 1 is 1.09 bits per heavy atom. The van der Waals surface area contributed by atoms with E-state index in [1.54, 1.807) is 6.92 Å². The van der Waals surface area contributed by atoms with Gasteiger partial charge in [-0.15, -0.1) is 0 Å². The molecule has 0 bridgehead atoms. The molecule has 0 unspecified atom stereocenters. The van der Waals surface area contributed by atoms with Gasteiger partial charge in [-0.1, -0.05) is 6.58 Å². The molecular formula is C18H35N3O2. The summed E-state index contributed by atoms with van der Waals surface area (Å²) in [4.78, 5) is 13.5. The van der Waals surface area contributed by atoms with Crippen LogP contribution in [-0.4, -0.2) is 61.3 Å². The first-order valence-electron chi connectivity index (χ1n) is 8.58. The lowest BCUT2D eigenvalue weighted by molar-refractivity contribution is -0.145. The number of hydrogen-bond donors (Lipinski definition) is 2. The number of likely N-dealkylation sites (N-methyl/N-ethyl adjacent to an activating group) is 1. The Bertz CT molecular complexity index is 396. The van der Waals surface area contributed by atoms with Crippen molar-refractivity contribution in [2.45, 2.75) is 64.6 Å². The van der Waals surface area contributed by atoms with Crippen molar-refractivity contribution in [3.63, 3.8) is 0 Å². The highest BCUT2D eigenvalue weighted by molar-refractivity contribution is 5.87.